The number of primary amides is 2. The first kappa shape index (κ1) is 26.3. The van der Waals surface area contributed by atoms with Crippen molar-refractivity contribution in [3.63, 3.8) is 0 Å². The van der Waals surface area contributed by atoms with E-state index < -0.39 is 35.3 Å². The molecule has 1 unspecified atom stereocenters. The number of nitrogens with zero attached hydrogens (tertiary/aromatic N) is 1. The molecule has 2 aliphatic rings. The number of aryl methyl sites for hydroxylation is 1. The van der Waals surface area contributed by atoms with Gasteiger partial charge in [-0.05, 0) is 32.4 Å². The number of carbonyl (C=O) groups is 3. The summed E-state index contributed by atoms with van der Waals surface area (Å²) in [6.45, 7) is 8.79. The largest absolute Gasteiger partial charge is 0.452 e. The maximum atomic E-state index is 13.0. The lowest BCUT2D eigenvalue weighted by atomic mass is 10.00. The molecule has 0 aromatic heterocycles. The molecule has 7 N–H and O–H groups in total. The zero-order chi connectivity index (χ0) is 25.9. The number of nitrogen functional groups attached to an aromatic ring is 1. The summed E-state index contributed by atoms with van der Waals surface area (Å²) in [7, 11) is 1.38. The van der Waals surface area contributed by atoms with E-state index in [1.54, 1.807) is 19.9 Å². The number of nitrogens with two attached hydrogens (primary N) is 3. The fraction of sp³-hybridized carbons (Fsp3) is 0.348. The van der Waals surface area contributed by atoms with Gasteiger partial charge in [-0.3, -0.25) is 19.2 Å². The number of aromatic nitrogens is 1. The lowest BCUT2D eigenvalue weighted by Gasteiger charge is -2.21. The van der Waals surface area contributed by atoms with Gasteiger partial charge >= 0.3 is 0 Å². The van der Waals surface area contributed by atoms with Gasteiger partial charge in [-0.1, -0.05) is 19.9 Å². The van der Waals surface area contributed by atoms with E-state index in [1.165, 1.54) is 20.1 Å². The van der Waals surface area contributed by atoms with E-state index >= 15 is 0 Å². The third-order valence-electron chi connectivity index (χ3n) is 5.33. The summed E-state index contributed by atoms with van der Waals surface area (Å²) in [5.74, 6) is -2.38. The molecule has 0 saturated heterocycles. The maximum Gasteiger partial charge on any atom is 0.254 e. The zero-order valence-electron chi connectivity index (χ0n) is 19.9. The van der Waals surface area contributed by atoms with Crippen LogP contribution in [0.1, 0.15) is 52.6 Å². The van der Waals surface area contributed by atoms with Crippen molar-refractivity contribution < 1.29 is 23.5 Å². The zero-order valence-corrected chi connectivity index (χ0v) is 19.9. The van der Waals surface area contributed by atoms with Gasteiger partial charge in [0.2, 0.25) is 11.3 Å². The molecule has 1 heterocycles. The van der Waals surface area contributed by atoms with Crippen LogP contribution in [0.2, 0.25) is 0 Å². The molecule has 0 spiro atoms. The molecular weight excluding hydrogens is 442 g/mol. The summed E-state index contributed by atoms with van der Waals surface area (Å²) >= 11 is 0. The van der Waals surface area contributed by atoms with Gasteiger partial charge in [0.25, 0.3) is 11.8 Å². The quantitative estimate of drug-likeness (QED) is 0.304. The Morgan fingerprint density at radius 1 is 1.15 bits per heavy atom. The highest BCUT2D eigenvalue weighted by Gasteiger charge is 2.29. The van der Waals surface area contributed by atoms with Crippen molar-refractivity contribution in [1.29, 1.82) is 0 Å². The molecule has 11 nitrogen and oxygen atoms in total. The smallest absolute Gasteiger partial charge is 0.254 e. The highest BCUT2D eigenvalue weighted by molar-refractivity contribution is 6.08. The third-order valence-corrected chi connectivity index (χ3v) is 5.33. The van der Waals surface area contributed by atoms with Crippen LogP contribution in [0.25, 0.3) is 22.6 Å². The van der Waals surface area contributed by atoms with Crippen LogP contribution < -0.4 is 27.9 Å². The van der Waals surface area contributed by atoms with Crippen LogP contribution in [0.5, 0.6) is 0 Å². The number of ether oxygens (including phenoxy) is 1. The molecule has 11 heteroatoms. The van der Waals surface area contributed by atoms with Gasteiger partial charge in [0.05, 0.1) is 22.9 Å². The van der Waals surface area contributed by atoms with Crippen LogP contribution in [0.15, 0.2) is 21.3 Å². The minimum atomic E-state index is -1.11. The van der Waals surface area contributed by atoms with Crippen LogP contribution in [0.3, 0.4) is 0 Å². The Balaban J connectivity index is 0.00000199. The number of benzene rings is 2. The summed E-state index contributed by atoms with van der Waals surface area (Å²) in [5.41, 5.74) is 16.5. The second kappa shape index (κ2) is 10.3. The number of nitrogens with one attached hydrogen (secondary N) is 1. The summed E-state index contributed by atoms with van der Waals surface area (Å²) in [5, 5.41) is 2.53. The minimum Gasteiger partial charge on any atom is -0.452 e. The number of carbonyl (C=O) groups excluding carboxylic acids is 3. The molecule has 0 fully saturated rings. The van der Waals surface area contributed by atoms with Gasteiger partial charge in [0.15, 0.2) is 11.3 Å². The van der Waals surface area contributed by atoms with Crippen LogP contribution in [0, 0.1) is 13.8 Å². The second-order valence-corrected chi connectivity index (χ2v) is 7.40. The molecule has 3 rings (SSSR count). The van der Waals surface area contributed by atoms with Gasteiger partial charge in [0, 0.05) is 12.7 Å². The van der Waals surface area contributed by atoms with Gasteiger partial charge in [-0.15, -0.1) is 0 Å². The summed E-state index contributed by atoms with van der Waals surface area (Å²) in [6, 6.07) is 2.00. The predicted octanol–water partition coefficient (Wildman–Crippen LogP) is 1.24. The van der Waals surface area contributed by atoms with Crippen molar-refractivity contribution >= 4 is 34.5 Å². The number of fused-ring (bicyclic) bond motifs is 2. The minimum absolute atomic E-state index is 0.0363. The highest BCUT2D eigenvalue weighted by Crippen LogP contribution is 2.34. The second-order valence-electron chi connectivity index (χ2n) is 7.40. The van der Waals surface area contributed by atoms with E-state index in [0.717, 1.165) is 0 Å². The Bertz CT molecular complexity index is 1300. The van der Waals surface area contributed by atoms with Crippen LogP contribution in [-0.4, -0.2) is 42.0 Å². The fourth-order valence-corrected chi connectivity index (χ4v) is 3.40. The maximum absolute atomic E-state index is 13.0. The number of rotatable bonds is 6. The molecule has 3 amide bonds. The van der Waals surface area contributed by atoms with E-state index in [-0.39, 0.29) is 44.9 Å². The molecule has 182 valence electrons. The van der Waals surface area contributed by atoms with Crippen molar-refractivity contribution in [2.24, 2.45) is 11.5 Å². The fourth-order valence-electron chi connectivity index (χ4n) is 3.40. The topological polar surface area (TPSA) is 194 Å². The number of methoxy groups -OCH3 is 1. The Morgan fingerprint density at radius 3 is 2.29 bits per heavy atom. The van der Waals surface area contributed by atoms with E-state index in [0.29, 0.717) is 5.56 Å². The Kier molecular flexibility index (Phi) is 7.96. The van der Waals surface area contributed by atoms with Crippen molar-refractivity contribution in [3.8, 4) is 11.5 Å². The standard InChI is InChI=1S/C21H23N5O6.C2H6/c1-7-5-6-10(21(30)26-13(20(24)29)9(3)31-4)14-17(7)32-18-8(2)16(27)12(22)11(19(23)28)15(18)25-14;1-2/h5-6,9,13H,22H2,1-4H3,(H2,23,28)(H2,24,29)(H,26,30);1-2H3/t9-,13?;/m1./s1. The first-order valence-electron chi connectivity index (χ1n) is 10.6. The summed E-state index contributed by atoms with van der Waals surface area (Å²) in [4.78, 5) is 53.7. The van der Waals surface area contributed by atoms with Crippen molar-refractivity contribution in [2.45, 2.75) is 46.8 Å². The van der Waals surface area contributed by atoms with Crippen LogP contribution in [-0.2, 0) is 9.53 Å². The third kappa shape index (κ3) is 4.55. The molecule has 0 bridgehead atoms. The van der Waals surface area contributed by atoms with Gasteiger partial charge in [-0.25, -0.2) is 4.98 Å². The number of hydrogen-bond donors (Lipinski definition) is 4. The van der Waals surface area contributed by atoms with Crippen molar-refractivity contribution in [1.82, 2.24) is 10.3 Å². The number of anilines is 1. The first-order valence-corrected chi connectivity index (χ1v) is 10.6. The average molecular weight is 472 g/mol. The van der Waals surface area contributed by atoms with Crippen molar-refractivity contribution in [3.05, 3.63) is 44.6 Å². The van der Waals surface area contributed by atoms with Crippen LogP contribution >= 0.6 is 0 Å². The molecule has 0 saturated carbocycles. The highest BCUT2D eigenvalue weighted by atomic mass is 16.5. The lowest BCUT2D eigenvalue weighted by molar-refractivity contribution is -0.122. The van der Waals surface area contributed by atoms with Gasteiger partial charge < -0.3 is 31.7 Å². The molecule has 1 aliphatic carbocycles. The molecule has 1 aromatic carbocycles. The Hall–Kier alpha value is -3.99. The molecule has 2 atom stereocenters. The average Bonchev–Trinajstić information content (AvgIpc) is 2.81. The SMILES string of the molecule is CC.CO[C@H](C)C(NC(=O)c1ccc(C)c2oc3c(C)c(=O)c(N)c(C(N)=O)c-3nc12)C(N)=O. The van der Waals surface area contributed by atoms with Gasteiger partial charge in [0.1, 0.15) is 17.3 Å². The normalized spacial score (nSPS) is 12.5. The van der Waals surface area contributed by atoms with Crippen molar-refractivity contribution in [2.75, 3.05) is 12.8 Å². The number of amides is 3. The van der Waals surface area contributed by atoms with Crippen LogP contribution in [0.4, 0.5) is 5.69 Å². The van der Waals surface area contributed by atoms with E-state index in [4.69, 9.17) is 26.4 Å². The first-order chi connectivity index (χ1) is 16.0. The molecular formula is C23H29N5O6. The molecule has 34 heavy (non-hydrogen) atoms. The predicted molar refractivity (Wildman–Crippen MR) is 128 cm³/mol. The Morgan fingerprint density at radius 2 is 1.76 bits per heavy atom. The van der Waals surface area contributed by atoms with Gasteiger partial charge in [-0.2, -0.15) is 0 Å². The monoisotopic (exact) mass is 471 g/mol. The molecule has 1 aliphatic heterocycles. The summed E-state index contributed by atoms with van der Waals surface area (Å²) < 4.78 is 11.0. The van der Waals surface area contributed by atoms with E-state index in [9.17, 15) is 19.2 Å². The van der Waals surface area contributed by atoms with E-state index in [1.807, 2.05) is 13.8 Å². The number of hydrogen-bond acceptors (Lipinski definition) is 8. The Labute approximate surface area is 196 Å². The molecule has 0 radical (unpaired) electrons. The van der Waals surface area contributed by atoms with E-state index in [2.05, 4.69) is 10.3 Å². The summed E-state index contributed by atoms with van der Waals surface area (Å²) in [6.07, 6.45) is -0.689. The lowest BCUT2D eigenvalue weighted by Crippen LogP contribution is -2.51. The molecule has 1 aromatic rings.